The summed E-state index contributed by atoms with van der Waals surface area (Å²) in [5, 5.41) is 24.5. The van der Waals surface area contributed by atoms with Gasteiger partial charge in [0.05, 0.1) is 35.5 Å². The number of carboxylic acid groups (broad SMARTS) is 1. The summed E-state index contributed by atoms with van der Waals surface area (Å²) in [5.74, 6) is -0.222. The highest BCUT2D eigenvalue weighted by molar-refractivity contribution is 5.68. The Morgan fingerprint density at radius 2 is 1.96 bits per heavy atom. The van der Waals surface area contributed by atoms with Gasteiger partial charge in [-0.2, -0.15) is 5.10 Å². The summed E-state index contributed by atoms with van der Waals surface area (Å²) >= 11 is 0. The summed E-state index contributed by atoms with van der Waals surface area (Å²) in [6.45, 7) is 0. The lowest BCUT2D eigenvalue weighted by atomic mass is 10.1. The van der Waals surface area contributed by atoms with Crippen molar-refractivity contribution in [3.63, 3.8) is 0 Å². The Morgan fingerprint density at radius 1 is 1.22 bits per heavy atom. The van der Waals surface area contributed by atoms with Gasteiger partial charge in [0.25, 0.3) is 5.69 Å². The number of hydrogen-bond acceptors (Lipinski definition) is 5. The Kier molecular flexibility index (Phi) is 5.16. The molecular formula is C19H17N3O5. The minimum absolute atomic E-state index is 0.0259. The van der Waals surface area contributed by atoms with Crippen molar-refractivity contribution in [2.75, 3.05) is 7.11 Å². The third kappa shape index (κ3) is 4.12. The first kappa shape index (κ1) is 18.1. The van der Waals surface area contributed by atoms with Crippen LogP contribution in [-0.4, -0.2) is 32.9 Å². The number of carbonyl (C=O) groups is 1. The standard InChI is InChI=1S/C19H17N3O5/c1-27-17-8-6-15(7-9-17)21-18(12-14(20-21)5-10-19(23)24)13-3-2-4-16(11-13)22(25)26/h2-4,6-9,11-12H,5,10H2,1H3,(H,23,24). The van der Waals surface area contributed by atoms with E-state index in [0.717, 1.165) is 5.69 Å². The van der Waals surface area contributed by atoms with Gasteiger partial charge in [-0.25, -0.2) is 4.68 Å². The maximum atomic E-state index is 11.1. The summed E-state index contributed by atoms with van der Waals surface area (Å²) in [6, 6.07) is 15.2. The van der Waals surface area contributed by atoms with Crippen LogP contribution in [0.15, 0.2) is 54.6 Å². The molecule has 1 heterocycles. The molecule has 0 saturated heterocycles. The van der Waals surface area contributed by atoms with Gasteiger partial charge in [0.15, 0.2) is 0 Å². The minimum Gasteiger partial charge on any atom is -0.497 e. The van der Waals surface area contributed by atoms with Gasteiger partial charge >= 0.3 is 5.97 Å². The lowest BCUT2D eigenvalue weighted by Gasteiger charge is -2.08. The Hall–Kier alpha value is -3.68. The molecule has 1 N–H and O–H groups in total. The first-order valence-electron chi connectivity index (χ1n) is 8.18. The Morgan fingerprint density at radius 3 is 2.59 bits per heavy atom. The second-order valence-corrected chi connectivity index (χ2v) is 5.83. The number of rotatable bonds is 7. The Labute approximate surface area is 154 Å². The number of benzene rings is 2. The van der Waals surface area contributed by atoms with Crippen molar-refractivity contribution in [1.82, 2.24) is 9.78 Å². The molecule has 27 heavy (non-hydrogen) atoms. The molecule has 138 valence electrons. The van der Waals surface area contributed by atoms with E-state index in [0.29, 0.717) is 22.7 Å². The number of non-ortho nitro benzene ring substituents is 1. The molecule has 2 aromatic carbocycles. The third-order valence-electron chi connectivity index (χ3n) is 4.02. The van der Waals surface area contributed by atoms with Gasteiger partial charge in [0.1, 0.15) is 5.75 Å². The van der Waals surface area contributed by atoms with Gasteiger partial charge in [-0.05, 0) is 30.3 Å². The van der Waals surface area contributed by atoms with E-state index in [1.807, 2.05) is 12.1 Å². The molecule has 1 aromatic heterocycles. The van der Waals surface area contributed by atoms with Crippen molar-refractivity contribution >= 4 is 11.7 Å². The average Bonchev–Trinajstić information content (AvgIpc) is 3.11. The van der Waals surface area contributed by atoms with Crippen LogP contribution in [0.5, 0.6) is 5.75 Å². The quantitative estimate of drug-likeness (QED) is 0.506. The van der Waals surface area contributed by atoms with Crippen LogP contribution >= 0.6 is 0 Å². The molecule has 0 fully saturated rings. The number of hydrogen-bond donors (Lipinski definition) is 1. The first-order chi connectivity index (χ1) is 13.0. The Balaban J connectivity index is 2.08. The van der Waals surface area contributed by atoms with E-state index in [-0.39, 0.29) is 18.5 Å². The second-order valence-electron chi connectivity index (χ2n) is 5.83. The number of aliphatic carboxylic acids is 1. The van der Waals surface area contributed by atoms with Gasteiger partial charge < -0.3 is 9.84 Å². The van der Waals surface area contributed by atoms with E-state index < -0.39 is 10.9 Å². The number of nitro benzene ring substituents is 1. The summed E-state index contributed by atoms with van der Waals surface area (Å²) in [7, 11) is 1.57. The van der Waals surface area contributed by atoms with Crippen LogP contribution in [0.2, 0.25) is 0 Å². The van der Waals surface area contributed by atoms with E-state index in [4.69, 9.17) is 9.84 Å². The fraction of sp³-hybridized carbons (Fsp3) is 0.158. The number of nitro groups is 1. The van der Waals surface area contributed by atoms with Crippen LogP contribution < -0.4 is 4.74 Å². The molecule has 0 amide bonds. The van der Waals surface area contributed by atoms with Crippen molar-refractivity contribution < 1.29 is 19.6 Å². The molecule has 0 bridgehead atoms. The predicted octanol–water partition coefficient (Wildman–Crippen LogP) is 3.47. The van der Waals surface area contributed by atoms with Gasteiger partial charge in [0, 0.05) is 24.1 Å². The van der Waals surface area contributed by atoms with E-state index in [2.05, 4.69) is 5.10 Å². The normalized spacial score (nSPS) is 10.6. The number of nitrogens with zero attached hydrogens (tertiary/aromatic N) is 3. The van der Waals surface area contributed by atoms with Gasteiger partial charge in [0.2, 0.25) is 0 Å². The molecule has 0 atom stereocenters. The number of aromatic nitrogens is 2. The summed E-state index contributed by atoms with van der Waals surface area (Å²) < 4.78 is 6.81. The topological polar surface area (TPSA) is 107 Å². The summed E-state index contributed by atoms with van der Waals surface area (Å²) in [4.78, 5) is 21.5. The zero-order valence-electron chi connectivity index (χ0n) is 14.5. The molecule has 8 nitrogen and oxygen atoms in total. The number of ether oxygens (including phenoxy) is 1. The van der Waals surface area contributed by atoms with E-state index >= 15 is 0 Å². The van der Waals surface area contributed by atoms with Gasteiger partial charge in [-0.1, -0.05) is 12.1 Å². The maximum absolute atomic E-state index is 11.1. The van der Waals surface area contributed by atoms with Crippen LogP contribution in [0.1, 0.15) is 12.1 Å². The Bertz CT molecular complexity index is 979. The predicted molar refractivity (Wildman–Crippen MR) is 98.2 cm³/mol. The lowest BCUT2D eigenvalue weighted by molar-refractivity contribution is -0.384. The summed E-state index contributed by atoms with van der Waals surface area (Å²) in [6.07, 6.45) is 0.217. The molecule has 0 spiro atoms. The highest BCUT2D eigenvalue weighted by Crippen LogP contribution is 2.28. The number of aryl methyl sites for hydroxylation is 1. The highest BCUT2D eigenvalue weighted by Gasteiger charge is 2.15. The zero-order chi connectivity index (χ0) is 19.4. The lowest BCUT2D eigenvalue weighted by Crippen LogP contribution is -2.01. The van der Waals surface area contributed by atoms with E-state index in [9.17, 15) is 14.9 Å². The largest absolute Gasteiger partial charge is 0.497 e. The molecule has 0 aliphatic carbocycles. The van der Waals surface area contributed by atoms with Crippen LogP contribution in [0.3, 0.4) is 0 Å². The molecular weight excluding hydrogens is 350 g/mol. The van der Waals surface area contributed by atoms with Crippen molar-refractivity contribution in [3.8, 4) is 22.7 Å². The second kappa shape index (κ2) is 7.69. The van der Waals surface area contributed by atoms with Crippen molar-refractivity contribution in [2.24, 2.45) is 0 Å². The fourth-order valence-corrected chi connectivity index (χ4v) is 2.69. The first-order valence-corrected chi connectivity index (χ1v) is 8.18. The molecule has 3 rings (SSSR count). The van der Waals surface area contributed by atoms with Crippen LogP contribution in [0.4, 0.5) is 5.69 Å². The molecule has 0 aliphatic heterocycles. The fourth-order valence-electron chi connectivity index (χ4n) is 2.69. The van der Waals surface area contributed by atoms with Crippen molar-refractivity contribution in [1.29, 1.82) is 0 Å². The molecule has 0 unspecified atom stereocenters. The van der Waals surface area contributed by atoms with Gasteiger partial charge in [-0.3, -0.25) is 14.9 Å². The summed E-state index contributed by atoms with van der Waals surface area (Å²) in [5.41, 5.74) is 2.56. The number of methoxy groups -OCH3 is 1. The van der Waals surface area contributed by atoms with Crippen molar-refractivity contribution in [3.05, 3.63) is 70.4 Å². The monoisotopic (exact) mass is 367 g/mol. The molecule has 0 saturated carbocycles. The average molecular weight is 367 g/mol. The van der Waals surface area contributed by atoms with Crippen molar-refractivity contribution in [2.45, 2.75) is 12.8 Å². The molecule has 0 radical (unpaired) electrons. The van der Waals surface area contributed by atoms with E-state index in [1.165, 1.54) is 12.1 Å². The number of carboxylic acids is 1. The molecule has 8 heteroatoms. The van der Waals surface area contributed by atoms with Crippen LogP contribution in [0.25, 0.3) is 16.9 Å². The molecule has 3 aromatic rings. The zero-order valence-corrected chi connectivity index (χ0v) is 14.5. The SMILES string of the molecule is COc1ccc(-n2nc(CCC(=O)O)cc2-c2cccc([N+](=O)[O-])c2)cc1. The van der Waals surface area contributed by atoms with E-state index in [1.54, 1.807) is 42.1 Å². The maximum Gasteiger partial charge on any atom is 0.303 e. The smallest absolute Gasteiger partial charge is 0.303 e. The van der Waals surface area contributed by atoms with Gasteiger partial charge in [-0.15, -0.1) is 0 Å². The third-order valence-corrected chi connectivity index (χ3v) is 4.02. The molecule has 0 aliphatic rings. The minimum atomic E-state index is -0.911. The van der Waals surface area contributed by atoms with Crippen LogP contribution in [-0.2, 0) is 11.2 Å². The van der Waals surface area contributed by atoms with Crippen LogP contribution in [0, 0.1) is 10.1 Å². The highest BCUT2D eigenvalue weighted by atomic mass is 16.6.